The van der Waals surface area contributed by atoms with Crippen molar-refractivity contribution in [2.75, 3.05) is 13.1 Å². The molecule has 1 N–H and O–H groups in total. The van der Waals surface area contributed by atoms with Crippen LogP contribution in [0, 0.1) is 6.92 Å². The topological polar surface area (TPSA) is 67.1 Å². The van der Waals surface area contributed by atoms with Crippen LogP contribution in [0.1, 0.15) is 30.3 Å². The van der Waals surface area contributed by atoms with Gasteiger partial charge >= 0.3 is 0 Å². The molecule has 4 rings (SSSR count). The van der Waals surface area contributed by atoms with Crippen LogP contribution in [0.25, 0.3) is 16.9 Å². The molecule has 4 heterocycles. The number of piperidine rings is 1. The lowest BCUT2D eigenvalue weighted by molar-refractivity contribution is -0.0225. The van der Waals surface area contributed by atoms with Gasteiger partial charge in [-0.3, -0.25) is 14.5 Å². The van der Waals surface area contributed by atoms with Gasteiger partial charge in [0.05, 0.1) is 23.1 Å². The highest BCUT2D eigenvalue weighted by Crippen LogP contribution is 2.30. The largest absolute Gasteiger partial charge is 0.374 e. The molecular weight excluding hydrogens is 357 g/mol. The highest BCUT2D eigenvalue weighted by molar-refractivity contribution is 6.35. The van der Waals surface area contributed by atoms with Gasteiger partial charge in [0.25, 0.3) is 0 Å². The van der Waals surface area contributed by atoms with Gasteiger partial charge in [0.2, 0.25) is 0 Å². The van der Waals surface area contributed by atoms with Crippen molar-refractivity contribution >= 4 is 22.6 Å². The zero-order valence-electron chi connectivity index (χ0n) is 14.3. The van der Waals surface area contributed by atoms with Crippen molar-refractivity contribution in [1.29, 1.82) is 0 Å². The van der Waals surface area contributed by atoms with Gasteiger partial charge in [0.1, 0.15) is 18.0 Å². The van der Waals surface area contributed by atoms with E-state index in [1.165, 1.54) is 0 Å². The van der Waals surface area contributed by atoms with Crippen molar-refractivity contribution in [2.45, 2.75) is 32.2 Å². The lowest BCUT2D eigenvalue weighted by atomic mass is 10.1. The second-order valence-electron chi connectivity index (χ2n) is 6.59. The smallest absolute Gasteiger partial charge is 0.156 e. The third kappa shape index (κ3) is 3.18. The average molecular weight is 376 g/mol. The molecule has 6 nitrogen and oxygen atoms in total. The molecule has 0 radical (unpaired) electrons. The minimum absolute atomic E-state index is 0.440. The van der Waals surface area contributed by atoms with Crippen molar-refractivity contribution < 1.29 is 9.50 Å². The number of hydrogen-bond acceptors (Lipinski definition) is 5. The van der Waals surface area contributed by atoms with Crippen LogP contribution >= 0.6 is 11.6 Å². The van der Waals surface area contributed by atoms with Crippen molar-refractivity contribution in [3.63, 3.8) is 0 Å². The van der Waals surface area contributed by atoms with Gasteiger partial charge in [-0.1, -0.05) is 11.6 Å². The van der Waals surface area contributed by atoms with Crippen LogP contribution in [0.2, 0.25) is 5.02 Å². The average Bonchev–Trinajstić information content (AvgIpc) is 2.99. The summed E-state index contributed by atoms with van der Waals surface area (Å²) in [6, 6.07) is 1.83. The summed E-state index contributed by atoms with van der Waals surface area (Å²) in [6.07, 6.45) is 5.99. The lowest BCUT2D eigenvalue weighted by Gasteiger charge is -2.32. The summed E-state index contributed by atoms with van der Waals surface area (Å²) in [5, 5.41) is 11.9. The van der Waals surface area contributed by atoms with Gasteiger partial charge in [0, 0.05) is 36.4 Å². The number of fused-ring (bicyclic) bond motifs is 1. The first kappa shape index (κ1) is 17.3. The Bertz CT molecular complexity index is 921. The molecular formula is C18H19ClFN5O. The van der Waals surface area contributed by atoms with E-state index in [0.717, 1.165) is 11.1 Å². The maximum Gasteiger partial charge on any atom is 0.156 e. The molecule has 1 atom stereocenters. The molecule has 0 aromatic carbocycles. The highest BCUT2D eigenvalue weighted by atomic mass is 35.5. The Morgan fingerprint density at radius 1 is 1.19 bits per heavy atom. The number of nitrogens with zero attached hydrogens (tertiary/aromatic N) is 5. The predicted molar refractivity (Wildman–Crippen MR) is 97.1 cm³/mol. The molecule has 136 valence electrons. The van der Waals surface area contributed by atoms with Crippen LogP contribution in [-0.4, -0.2) is 48.8 Å². The summed E-state index contributed by atoms with van der Waals surface area (Å²) in [6.45, 7) is 2.91. The lowest BCUT2D eigenvalue weighted by Crippen LogP contribution is -2.37. The molecule has 3 aromatic heterocycles. The van der Waals surface area contributed by atoms with Crippen LogP contribution in [0.4, 0.5) is 4.39 Å². The normalized spacial score (nSPS) is 17.7. The zero-order chi connectivity index (χ0) is 18.3. The standard InChI is InChI=1S/C18H19ClFN5O/c1-11-7-22-16(9-21-11)25-10-15(19)14-6-12(8-23-17(14)25)18(26)24-4-2-13(20)3-5-24/h6-10,13,18,26H,2-5H2,1H3. The Balaban J connectivity index is 1.67. The maximum atomic E-state index is 13.3. The van der Waals surface area contributed by atoms with Crippen molar-refractivity contribution in [2.24, 2.45) is 0 Å². The van der Waals surface area contributed by atoms with Crippen LogP contribution in [0.3, 0.4) is 0 Å². The van der Waals surface area contributed by atoms with Crippen LogP contribution in [0.15, 0.2) is 30.9 Å². The van der Waals surface area contributed by atoms with E-state index in [-0.39, 0.29) is 0 Å². The van der Waals surface area contributed by atoms with Crippen molar-refractivity contribution in [3.05, 3.63) is 47.1 Å². The monoisotopic (exact) mass is 375 g/mol. The Kier molecular flexibility index (Phi) is 4.60. The first-order valence-electron chi connectivity index (χ1n) is 8.54. The second-order valence-corrected chi connectivity index (χ2v) is 6.99. The summed E-state index contributed by atoms with van der Waals surface area (Å²) in [4.78, 5) is 14.9. The van der Waals surface area contributed by atoms with Crippen molar-refractivity contribution in [1.82, 2.24) is 24.4 Å². The number of halogens is 2. The molecule has 1 unspecified atom stereocenters. The van der Waals surface area contributed by atoms with E-state index in [0.29, 0.717) is 48.0 Å². The Hall–Kier alpha value is -2.09. The minimum atomic E-state index is -0.821. The van der Waals surface area contributed by atoms with E-state index in [1.807, 2.05) is 17.9 Å². The number of rotatable bonds is 3. The minimum Gasteiger partial charge on any atom is -0.374 e. The predicted octanol–water partition coefficient (Wildman–Crippen LogP) is 3.20. The van der Waals surface area contributed by atoms with E-state index in [2.05, 4.69) is 15.0 Å². The number of hydrogen-bond donors (Lipinski definition) is 1. The molecule has 8 heteroatoms. The molecule has 0 aliphatic carbocycles. The first-order chi connectivity index (χ1) is 12.5. The van der Waals surface area contributed by atoms with Gasteiger partial charge in [-0.15, -0.1) is 0 Å². The number of aliphatic hydroxyl groups excluding tert-OH is 1. The fraction of sp³-hybridized carbons (Fsp3) is 0.389. The number of aromatic nitrogens is 4. The van der Waals surface area contributed by atoms with E-state index < -0.39 is 12.4 Å². The number of aliphatic hydroxyl groups is 1. The Morgan fingerprint density at radius 3 is 2.65 bits per heavy atom. The van der Waals surface area contributed by atoms with Crippen LogP contribution in [-0.2, 0) is 0 Å². The number of aryl methyl sites for hydroxylation is 1. The molecule has 0 spiro atoms. The molecule has 1 aliphatic rings. The molecule has 3 aromatic rings. The fourth-order valence-corrected chi connectivity index (χ4v) is 3.47. The number of pyridine rings is 1. The van der Waals surface area contributed by atoms with Gasteiger partial charge in [-0.25, -0.2) is 14.4 Å². The van der Waals surface area contributed by atoms with E-state index in [1.54, 1.807) is 29.4 Å². The molecule has 0 saturated carbocycles. The van der Waals surface area contributed by atoms with Gasteiger partial charge in [-0.2, -0.15) is 0 Å². The summed E-state index contributed by atoms with van der Waals surface area (Å²) in [5.41, 5.74) is 2.11. The Labute approximate surface area is 155 Å². The molecule has 1 saturated heterocycles. The summed E-state index contributed by atoms with van der Waals surface area (Å²) < 4.78 is 15.1. The number of alkyl halides is 1. The molecule has 26 heavy (non-hydrogen) atoms. The first-order valence-corrected chi connectivity index (χ1v) is 8.92. The maximum absolute atomic E-state index is 13.3. The Morgan fingerprint density at radius 2 is 1.96 bits per heavy atom. The van der Waals surface area contributed by atoms with Crippen LogP contribution < -0.4 is 0 Å². The second kappa shape index (κ2) is 6.90. The van der Waals surface area contributed by atoms with Crippen LogP contribution in [0.5, 0.6) is 0 Å². The van der Waals surface area contributed by atoms with Gasteiger partial charge < -0.3 is 5.11 Å². The molecule has 1 aliphatic heterocycles. The molecule has 0 bridgehead atoms. The SMILES string of the molecule is Cc1cnc(-n2cc(Cl)c3cc(C(O)N4CCC(F)CC4)cnc32)cn1. The van der Waals surface area contributed by atoms with E-state index in [4.69, 9.17) is 11.6 Å². The third-order valence-electron chi connectivity index (χ3n) is 4.73. The van der Waals surface area contributed by atoms with E-state index in [9.17, 15) is 9.50 Å². The molecule has 1 fully saturated rings. The summed E-state index contributed by atoms with van der Waals surface area (Å²) in [5.74, 6) is 0.623. The summed E-state index contributed by atoms with van der Waals surface area (Å²) >= 11 is 6.39. The fourth-order valence-electron chi connectivity index (χ4n) is 3.23. The molecule has 0 amide bonds. The van der Waals surface area contributed by atoms with Gasteiger partial charge in [0.15, 0.2) is 5.82 Å². The number of likely N-dealkylation sites (tertiary alicyclic amines) is 1. The highest BCUT2D eigenvalue weighted by Gasteiger charge is 2.25. The van der Waals surface area contributed by atoms with Crippen molar-refractivity contribution in [3.8, 4) is 5.82 Å². The third-order valence-corrected chi connectivity index (χ3v) is 5.03. The van der Waals surface area contributed by atoms with E-state index >= 15 is 0 Å². The van der Waals surface area contributed by atoms with Gasteiger partial charge in [-0.05, 0) is 25.8 Å². The quantitative estimate of drug-likeness (QED) is 0.761. The zero-order valence-corrected chi connectivity index (χ0v) is 15.1. The summed E-state index contributed by atoms with van der Waals surface area (Å²) in [7, 11) is 0.